The fourth-order valence-electron chi connectivity index (χ4n) is 1.61. The van der Waals surface area contributed by atoms with Gasteiger partial charge in [-0.3, -0.25) is 0 Å². The third-order valence-electron chi connectivity index (χ3n) is 2.34. The normalized spacial score (nSPS) is 16.8. The molecule has 0 spiro atoms. The van der Waals surface area contributed by atoms with Crippen molar-refractivity contribution in [1.82, 2.24) is 0 Å². The average molecular weight is 269 g/mol. The van der Waals surface area contributed by atoms with Crippen LogP contribution in [0.5, 0.6) is 11.5 Å². The van der Waals surface area contributed by atoms with E-state index in [9.17, 15) is 0 Å². The molecule has 0 atom stereocenters. The van der Waals surface area contributed by atoms with Crippen molar-refractivity contribution >= 4 is 22.0 Å². The lowest BCUT2D eigenvalue weighted by atomic mass is 10.0. The summed E-state index contributed by atoms with van der Waals surface area (Å²) in [5.41, 5.74) is 0.748. The maximum absolute atomic E-state index is 5.83. The Morgan fingerprint density at radius 1 is 1.33 bits per heavy atom. The predicted molar refractivity (Wildman–Crippen MR) is 64.4 cm³/mol. The third kappa shape index (κ3) is 1.88. The zero-order valence-electron chi connectivity index (χ0n) is 9.00. The van der Waals surface area contributed by atoms with Gasteiger partial charge in [-0.2, -0.15) is 0 Å². The third-order valence-corrected chi connectivity index (χ3v) is 2.96. The van der Waals surface area contributed by atoms with E-state index >= 15 is 0 Å². The number of hydrogen-bond acceptors (Lipinski definition) is 2. The molecule has 1 heterocycles. The van der Waals surface area contributed by atoms with Crippen molar-refractivity contribution < 1.29 is 9.47 Å². The molecule has 0 saturated carbocycles. The molecular weight excluding hydrogens is 256 g/mol. The molecule has 0 aliphatic carbocycles. The van der Waals surface area contributed by atoms with E-state index in [-0.39, 0.29) is 5.60 Å². The van der Waals surface area contributed by atoms with Gasteiger partial charge in [-0.1, -0.05) is 0 Å². The van der Waals surface area contributed by atoms with E-state index < -0.39 is 0 Å². The molecule has 1 aliphatic rings. The number of methoxy groups -OCH3 is 1. The maximum Gasteiger partial charge on any atom is 0.143 e. The molecule has 0 N–H and O–H groups in total. The van der Waals surface area contributed by atoms with Gasteiger partial charge in [0.1, 0.15) is 17.1 Å². The van der Waals surface area contributed by atoms with Gasteiger partial charge in [-0.15, -0.1) is 0 Å². The SMILES string of the molecule is COc1c(Br)ccc2c1C=CC(C)(C)O2. The molecular formula is C12H13BrO2. The molecule has 1 aromatic rings. The highest BCUT2D eigenvalue weighted by molar-refractivity contribution is 9.10. The summed E-state index contributed by atoms with van der Waals surface area (Å²) in [7, 11) is 1.66. The predicted octanol–water partition coefficient (Wildman–Crippen LogP) is 3.64. The highest BCUT2D eigenvalue weighted by Crippen LogP contribution is 2.40. The molecule has 0 fully saturated rings. The minimum absolute atomic E-state index is 0.244. The first kappa shape index (κ1) is 10.6. The molecule has 0 bridgehead atoms. The van der Waals surface area contributed by atoms with Gasteiger partial charge in [-0.25, -0.2) is 0 Å². The topological polar surface area (TPSA) is 18.5 Å². The van der Waals surface area contributed by atoms with Crippen molar-refractivity contribution in [2.75, 3.05) is 7.11 Å². The summed E-state index contributed by atoms with van der Waals surface area (Å²) in [6.07, 6.45) is 4.08. The highest BCUT2D eigenvalue weighted by Gasteiger charge is 2.24. The van der Waals surface area contributed by atoms with Crippen LogP contribution in [0, 0.1) is 0 Å². The lowest BCUT2D eigenvalue weighted by molar-refractivity contribution is 0.158. The number of ether oxygens (including phenoxy) is 2. The Hall–Kier alpha value is -0.960. The molecule has 1 aliphatic heterocycles. The number of fused-ring (bicyclic) bond motifs is 1. The van der Waals surface area contributed by atoms with Crippen LogP contribution >= 0.6 is 15.9 Å². The van der Waals surface area contributed by atoms with Gasteiger partial charge < -0.3 is 9.47 Å². The molecule has 80 valence electrons. The van der Waals surface area contributed by atoms with Crippen LogP contribution in [-0.4, -0.2) is 12.7 Å². The lowest BCUT2D eigenvalue weighted by Crippen LogP contribution is -2.27. The number of benzene rings is 1. The molecule has 1 aromatic carbocycles. The zero-order chi connectivity index (χ0) is 11.1. The average Bonchev–Trinajstić information content (AvgIpc) is 2.17. The summed E-state index contributed by atoms with van der Waals surface area (Å²) in [6, 6.07) is 3.89. The van der Waals surface area contributed by atoms with Crippen LogP contribution in [0.2, 0.25) is 0 Å². The van der Waals surface area contributed by atoms with E-state index in [1.165, 1.54) is 0 Å². The largest absolute Gasteiger partial charge is 0.495 e. The van der Waals surface area contributed by atoms with E-state index in [4.69, 9.17) is 9.47 Å². The second-order valence-corrected chi connectivity index (χ2v) is 4.89. The molecule has 0 aromatic heterocycles. The van der Waals surface area contributed by atoms with Gasteiger partial charge in [0.05, 0.1) is 17.1 Å². The van der Waals surface area contributed by atoms with Crippen LogP contribution in [0.4, 0.5) is 0 Å². The molecule has 3 heteroatoms. The lowest BCUT2D eigenvalue weighted by Gasteiger charge is -2.28. The second-order valence-electron chi connectivity index (χ2n) is 4.03. The number of hydrogen-bond donors (Lipinski definition) is 0. The Balaban J connectivity index is 2.56. The van der Waals surface area contributed by atoms with Gasteiger partial charge in [0.2, 0.25) is 0 Å². The van der Waals surface area contributed by atoms with Gasteiger partial charge in [0.15, 0.2) is 0 Å². The summed E-state index contributed by atoms with van der Waals surface area (Å²) in [5, 5.41) is 0. The number of rotatable bonds is 1. The van der Waals surface area contributed by atoms with Crippen molar-refractivity contribution in [3.8, 4) is 11.5 Å². The van der Waals surface area contributed by atoms with E-state index in [1.54, 1.807) is 7.11 Å². The summed E-state index contributed by atoms with van der Waals surface area (Å²) >= 11 is 3.45. The van der Waals surface area contributed by atoms with Crippen molar-refractivity contribution in [2.24, 2.45) is 0 Å². The maximum atomic E-state index is 5.83. The van der Waals surface area contributed by atoms with Gasteiger partial charge in [0, 0.05) is 0 Å². The van der Waals surface area contributed by atoms with Gasteiger partial charge >= 0.3 is 0 Å². The van der Waals surface area contributed by atoms with Gasteiger partial charge in [0.25, 0.3) is 0 Å². The molecule has 0 unspecified atom stereocenters. The first-order chi connectivity index (χ1) is 7.03. The molecule has 15 heavy (non-hydrogen) atoms. The van der Waals surface area contributed by atoms with Crippen LogP contribution in [0.25, 0.3) is 6.08 Å². The van der Waals surface area contributed by atoms with Crippen molar-refractivity contribution in [2.45, 2.75) is 19.4 Å². The van der Waals surface area contributed by atoms with Crippen LogP contribution in [-0.2, 0) is 0 Å². The van der Waals surface area contributed by atoms with Crippen molar-refractivity contribution in [1.29, 1.82) is 0 Å². The van der Waals surface area contributed by atoms with Crippen molar-refractivity contribution in [3.63, 3.8) is 0 Å². The molecule has 0 amide bonds. The summed E-state index contributed by atoms with van der Waals surface area (Å²) in [4.78, 5) is 0. The zero-order valence-corrected chi connectivity index (χ0v) is 10.6. The first-order valence-electron chi connectivity index (χ1n) is 4.78. The Morgan fingerprint density at radius 2 is 2.07 bits per heavy atom. The van der Waals surface area contributed by atoms with E-state index in [0.717, 1.165) is 21.5 Å². The second kappa shape index (κ2) is 3.56. The van der Waals surface area contributed by atoms with Crippen LogP contribution in [0.3, 0.4) is 0 Å². The number of halogens is 1. The van der Waals surface area contributed by atoms with E-state index in [2.05, 4.69) is 15.9 Å². The van der Waals surface area contributed by atoms with Crippen molar-refractivity contribution in [3.05, 3.63) is 28.2 Å². The Morgan fingerprint density at radius 3 is 2.73 bits per heavy atom. The van der Waals surface area contributed by atoms with E-state index in [0.29, 0.717) is 0 Å². The molecule has 0 saturated heterocycles. The van der Waals surface area contributed by atoms with Crippen LogP contribution in [0.1, 0.15) is 19.4 Å². The summed E-state index contributed by atoms with van der Waals surface area (Å²) in [6.45, 7) is 4.06. The minimum Gasteiger partial charge on any atom is -0.495 e. The molecule has 0 radical (unpaired) electrons. The fourth-order valence-corrected chi connectivity index (χ4v) is 2.12. The molecule has 2 rings (SSSR count). The first-order valence-corrected chi connectivity index (χ1v) is 5.57. The fraction of sp³-hybridized carbons (Fsp3) is 0.333. The standard InChI is InChI=1S/C12H13BrO2/c1-12(2)7-6-8-10(15-12)5-4-9(13)11(8)14-3/h4-7H,1-3H3. The van der Waals surface area contributed by atoms with Gasteiger partial charge in [-0.05, 0) is 54.1 Å². The minimum atomic E-state index is -0.244. The molecule has 2 nitrogen and oxygen atoms in total. The monoisotopic (exact) mass is 268 g/mol. The quantitative estimate of drug-likeness (QED) is 0.774. The van der Waals surface area contributed by atoms with Crippen LogP contribution < -0.4 is 9.47 Å². The Kier molecular flexibility index (Phi) is 2.51. The van der Waals surface area contributed by atoms with Crippen LogP contribution in [0.15, 0.2) is 22.7 Å². The summed E-state index contributed by atoms with van der Waals surface area (Å²) in [5.74, 6) is 1.68. The highest BCUT2D eigenvalue weighted by atomic mass is 79.9. The Bertz CT molecular complexity index is 422. The Labute approximate surface area is 98.0 Å². The summed E-state index contributed by atoms with van der Waals surface area (Å²) < 4.78 is 12.1. The smallest absolute Gasteiger partial charge is 0.143 e. The van der Waals surface area contributed by atoms with E-state index in [1.807, 2.05) is 38.1 Å².